The van der Waals surface area contributed by atoms with Gasteiger partial charge in [0.25, 0.3) is 5.91 Å². The lowest BCUT2D eigenvalue weighted by molar-refractivity contribution is -0.140. The van der Waals surface area contributed by atoms with Gasteiger partial charge in [0.2, 0.25) is 5.91 Å². The van der Waals surface area contributed by atoms with Crippen molar-refractivity contribution in [1.29, 1.82) is 0 Å². The van der Waals surface area contributed by atoms with Gasteiger partial charge in [0.1, 0.15) is 0 Å². The molecule has 2 saturated heterocycles. The van der Waals surface area contributed by atoms with Gasteiger partial charge in [-0.3, -0.25) is 9.59 Å². The summed E-state index contributed by atoms with van der Waals surface area (Å²) in [6.45, 7) is 5.55. The molecule has 29 heavy (non-hydrogen) atoms. The highest BCUT2D eigenvalue weighted by Gasteiger charge is 2.39. The van der Waals surface area contributed by atoms with Crippen LogP contribution in [0, 0.1) is 24.5 Å². The summed E-state index contributed by atoms with van der Waals surface area (Å²) in [4.78, 5) is 30.7. The van der Waals surface area contributed by atoms with E-state index in [1.165, 1.54) is 22.2 Å². The second-order valence-corrected chi connectivity index (χ2v) is 7.69. The second-order valence-electron chi connectivity index (χ2n) is 7.69. The van der Waals surface area contributed by atoms with Crippen LogP contribution < -0.4 is 4.90 Å². The molecule has 7 heteroatoms. The van der Waals surface area contributed by atoms with Gasteiger partial charge in [-0.15, -0.1) is 0 Å². The highest BCUT2D eigenvalue weighted by Crippen LogP contribution is 2.23. The maximum Gasteiger partial charge on any atom is 0.254 e. The van der Waals surface area contributed by atoms with Gasteiger partial charge in [0.05, 0.1) is 5.92 Å². The SMILES string of the molecule is Cc1cccc(N2CCN(C(=O)C3CN(C(=O)c4ccc(F)c(F)c4)C3)CC2)c1. The first kappa shape index (κ1) is 19.4. The Balaban J connectivity index is 1.29. The molecule has 2 aliphatic rings. The number of carbonyl (C=O) groups is 2. The van der Waals surface area contributed by atoms with E-state index >= 15 is 0 Å². The molecule has 0 unspecified atom stereocenters. The maximum absolute atomic E-state index is 13.3. The molecule has 0 aliphatic carbocycles. The summed E-state index contributed by atoms with van der Waals surface area (Å²) < 4.78 is 26.4. The maximum atomic E-state index is 13.3. The number of piperazine rings is 1. The molecule has 2 aromatic rings. The van der Waals surface area contributed by atoms with E-state index in [4.69, 9.17) is 0 Å². The van der Waals surface area contributed by atoms with Gasteiger partial charge in [0.15, 0.2) is 11.6 Å². The van der Waals surface area contributed by atoms with Crippen LogP contribution in [0.2, 0.25) is 0 Å². The van der Waals surface area contributed by atoms with E-state index in [0.717, 1.165) is 25.2 Å². The minimum absolute atomic E-state index is 0.0585. The number of anilines is 1. The van der Waals surface area contributed by atoms with Gasteiger partial charge in [-0.25, -0.2) is 8.78 Å². The molecule has 2 fully saturated rings. The van der Waals surface area contributed by atoms with Crippen LogP contribution >= 0.6 is 0 Å². The van der Waals surface area contributed by atoms with Gasteiger partial charge in [0, 0.05) is 50.5 Å². The van der Waals surface area contributed by atoms with Crippen molar-refractivity contribution < 1.29 is 18.4 Å². The number of carbonyl (C=O) groups excluding carboxylic acids is 2. The fraction of sp³-hybridized carbons (Fsp3) is 0.364. The van der Waals surface area contributed by atoms with Crippen LogP contribution in [0.1, 0.15) is 15.9 Å². The van der Waals surface area contributed by atoms with Crippen molar-refractivity contribution in [3.05, 3.63) is 65.2 Å². The van der Waals surface area contributed by atoms with Crippen LogP contribution in [0.15, 0.2) is 42.5 Å². The van der Waals surface area contributed by atoms with Crippen molar-refractivity contribution >= 4 is 17.5 Å². The van der Waals surface area contributed by atoms with Gasteiger partial charge < -0.3 is 14.7 Å². The first-order valence-electron chi connectivity index (χ1n) is 9.77. The zero-order valence-corrected chi connectivity index (χ0v) is 16.3. The van der Waals surface area contributed by atoms with Crippen molar-refractivity contribution in [2.24, 2.45) is 5.92 Å². The van der Waals surface area contributed by atoms with Crippen LogP contribution in [0.4, 0.5) is 14.5 Å². The molecular formula is C22H23F2N3O2. The largest absolute Gasteiger partial charge is 0.368 e. The summed E-state index contributed by atoms with van der Waals surface area (Å²) >= 11 is 0. The van der Waals surface area contributed by atoms with Crippen LogP contribution in [0.3, 0.4) is 0 Å². The average Bonchev–Trinajstić information content (AvgIpc) is 2.69. The number of benzene rings is 2. The lowest BCUT2D eigenvalue weighted by Gasteiger charge is -2.43. The van der Waals surface area contributed by atoms with Crippen LogP contribution in [-0.2, 0) is 4.79 Å². The molecule has 0 aromatic heterocycles. The number of halogens is 2. The molecule has 2 aliphatic heterocycles. The summed E-state index contributed by atoms with van der Waals surface area (Å²) in [5.41, 5.74) is 2.48. The quantitative estimate of drug-likeness (QED) is 0.797. The third kappa shape index (κ3) is 3.95. The second kappa shape index (κ2) is 7.81. The molecular weight excluding hydrogens is 376 g/mol. The summed E-state index contributed by atoms with van der Waals surface area (Å²) in [5, 5.41) is 0. The monoisotopic (exact) mass is 399 g/mol. The van der Waals surface area contributed by atoms with Gasteiger partial charge in [-0.2, -0.15) is 0 Å². The van der Waals surface area contributed by atoms with E-state index in [0.29, 0.717) is 26.2 Å². The Labute approximate surface area is 168 Å². The lowest BCUT2D eigenvalue weighted by atomic mass is 9.96. The summed E-state index contributed by atoms with van der Waals surface area (Å²) in [6.07, 6.45) is 0. The van der Waals surface area contributed by atoms with Gasteiger partial charge >= 0.3 is 0 Å². The molecule has 0 bridgehead atoms. The predicted octanol–water partition coefficient (Wildman–Crippen LogP) is 2.69. The molecule has 2 heterocycles. The lowest BCUT2D eigenvalue weighted by Crippen LogP contribution is -2.59. The van der Waals surface area contributed by atoms with E-state index < -0.39 is 11.6 Å². The van der Waals surface area contributed by atoms with Crippen molar-refractivity contribution in [1.82, 2.24) is 9.80 Å². The smallest absolute Gasteiger partial charge is 0.254 e. The van der Waals surface area contributed by atoms with Crippen molar-refractivity contribution in [3.63, 3.8) is 0 Å². The third-order valence-corrected chi connectivity index (χ3v) is 5.64. The molecule has 2 amide bonds. The molecule has 4 rings (SSSR count). The first-order valence-corrected chi connectivity index (χ1v) is 9.77. The number of nitrogens with zero attached hydrogens (tertiary/aromatic N) is 3. The van der Waals surface area contributed by atoms with Crippen LogP contribution in [-0.4, -0.2) is 60.9 Å². The van der Waals surface area contributed by atoms with Gasteiger partial charge in [-0.1, -0.05) is 12.1 Å². The predicted molar refractivity (Wildman–Crippen MR) is 106 cm³/mol. The molecule has 0 saturated carbocycles. The number of amides is 2. The normalized spacial score (nSPS) is 17.3. The fourth-order valence-corrected chi connectivity index (χ4v) is 3.88. The average molecular weight is 399 g/mol. The summed E-state index contributed by atoms with van der Waals surface area (Å²) in [6, 6.07) is 11.4. The van der Waals surface area contributed by atoms with E-state index in [1.807, 2.05) is 11.0 Å². The Morgan fingerprint density at radius 3 is 2.28 bits per heavy atom. The summed E-state index contributed by atoms with van der Waals surface area (Å²) in [7, 11) is 0. The first-order chi connectivity index (χ1) is 13.9. The minimum atomic E-state index is -1.05. The number of rotatable bonds is 3. The Kier molecular flexibility index (Phi) is 5.22. The third-order valence-electron chi connectivity index (χ3n) is 5.64. The number of hydrogen-bond acceptors (Lipinski definition) is 3. The molecule has 5 nitrogen and oxygen atoms in total. The van der Waals surface area contributed by atoms with Crippen LogP contribution in [0.25, 0.3) is 0 Å². The van der Waals surface area contributed by atoms with E-state index in [1.54, 1.807) is 0 Å². The highest BCUT2D eigenvalue weighted by atomic mass is 19.2. The van der Waals surface area contributed by atoms with E-state index in [9.17, 15) is 18.4 Å². The molecule has 2 aromatic carbocycles. The van der Waals surface area contributed by atoms with E-state index in [2.05, 4.69) is 30.0 Å². The minimum Gasteiger partial charge on any atom is -0.368 e. The van der Waals surface area contributed by atoms with Crippen molar-refractivity contribution in [2.75, 3.05) is 44.2 Å². The molecule has 0 N–H and O–H groups in total. The topological polar surface area (TPSA) is 43.9 Å². The van der Waals surface area contributed by atoms with Crippen LogP contribution in [0.5, 0.6) is 0 Å². The number of aryl methyl sites for hydroxylation is 1. The Bertz CT molecular complexity index is 935. The van der Waals surface area contributed by atoms with Crippen molar-refractivity contribution in [2.45, 2.75) is 6.92 Å². The van der Waals surface area contributed by atoms with Gasteiger partial charge in [-0.05, 0) is 42.8 Å². The Morgan fingerprint density at radius 2 is 1.62 bits per heavy atom. The zero-order chi connectivity index (χ0) is 20.5. The van der Waals surface area contributed by atoms with Crippen molar-refractivity contribution in [3.8, 4) is 0 Å². The number of hydrogen-bond donors (Lipinski definition) is 0. The fourth-order valence-electron chi connectivity index (χ4n) is 3.88. The molecule has 0 radical (unpaired) electrons. The summed E-state index contributed by atoms with van der Waals surface area (Å²) in [5.74, 6) is -2.58. The molecule has 0 spiro atoms. The Morgan fingerprint density at radius 1 is 0.897 bits per heavy atom. The Hall–Kier alpha value is -2.96. The highest BCUT2D eigenvalue weighted by molar-refractivity contribution is 5.96. The molecule has 0 atom stereocenters. The molecule has 152 valence electrons. The standard InChI is InChI=1S/C22H23F2N3O2/c1-15-3-2-4-18(11-15)25-7-9-26(10-8-25)22(29)17-13-27(14-17)21(28)16-5-6-19(23)20(24)12-16/h2-6,11-12,17H,7-10,13-14H2,1H3. The number of likely N-dealkylation sites (tertiary alicyclic amines) is 1. The zero-order valence-electron chi connectivity index (χ0n) is 16.3. The van der Waals surface area contributed by atoms with E-state index in [-0.39, 0.29) is 23.3 Å².